The molecular formula is C8H17NO3. The molecule has 72 valence electrons. The molecule has 12 heavy (non-hydrogen) atoms. The van der Waals surface area contributed by atoms with Crippen LogP contribution in [0.15, 0.2) is 0 Å². The Morgan fingerprint density at radius 1 is 1.75 bits per heavy atom. The molecule has 4 nitrogen and oxygen atoms in total. The summed E-state index contributed by atoms with van der Waals surface area (Å²) < 4.78 is 10.2. The Morgan fingerprint density at radius 3 is 3.17 bits per heavy atom. The third-order valence-electron chi connectivity index (χ3n) is 1.84. The lowest BCUT2D eigenvalue weighted by Crippen LogP contribution is -2.43. The summed E-state index contributed by atoms with van der Waals surface area (Å²) in [5.41, 5.74) is 0. The van der Waals surface area contributed by atoms with E-state index in [1.807, 2.05) is 6.92 Å². The van der Waals surface area contributed by atoms with E-state index in [1.54, 1.807) is 0 Å². The Hall–Kier alpha value is -0.160. The second kappa shape index (κ2) is 5.48. The molecule has 4 heteroatoms. The van der Waals surface area contributed by atoms with Gasteiger partial charge >= 0.3 is 0 Å². The maximum atomic E-state index is 9.28. The zero-order valence-corrected chi connectivity index (χ0v) is 7.45. The normalized spacial score (nSPS) is 27.0. The molecule has 0 radical (unpaired) electrons. The van der Waals surface area contributed by atoms with Crippen LogP contribution in [0.5, 0.6) is 0 Å². The van der Waals surface area contributed by atoms with Crippen LogP contribution in [0, 0.1) is 0 Å². The van der Waals surface area contributed by atoms with E-state index in [4.69, 9.17) is 9.47 Å². The van der Waals surface area contributed by atoms with Crippen LogP contribution in [0.1, 0.15) is 13.3 Å². The summed E-state index contributed by atoms with van der Waals surface area (Å²) in [4.78, 5) is 0. The molecule has 0 aromatic rings. The summed E-state index contributed by atoms with van der Waals surface area (Å²) in [6.07, 6.45) is -0.0531. The van der Waals surface area contributed by atoms with Gasteiger partial charge in [-0.2, -0.15) is 0 Å². The van der Waals surface area contributed by atoms with Crippen LogP contribution in [-0.4, -0.2) is 43.8 Å². The molecule has 1 unspecified atom stereocenters. The number of nitrogens with one attached hydrogen (secondary N) is 1. The van der Waals surface area contributed by atoms with Crippen molar-refractivity contribution in [2.75, 3.05) is 26.4 Å². The average molecular weight is 175 g/mol. The molecule has 2 N–H and O–H groups in total. The fraction of sp³-hybridized carbons (Fsp3) is 1.00. The Labute approximate surface area is 72.9 Å². The Bertz CT molecular complexity index is 115. The van der Waals surface area contributed by atoms with Gasteiger partial charge in [-0.1, -0.05) is 0 Å². The highest BCUT2D eigenvalue weighted by atomic mass is 16.6. The number of aliphatic hydroxyl groups is 1. The van der Waals surface area contributed by atoms with E-state index in [0.717, 1.165) is 13.2 Å². The first kappa shape index (κ1) is 9.92. The van der Waals surface area contributed by atoms with Gasteiger partial charge in [0.05, 0.1) is 13.2 Å². The summed E-state index contributed by atoms with van der Waals surface area (Å²) in [7, 11) is 0. The fourth-order valence-electron chi connectivity index (χ4n) is 1.27. The minimum atomic E-state index is -0.658. The lowest BCUT2D eigenvalue weighted by atomic mass is 10.2. The average Bonchev–Trinajstić information content (AvgIpc) is 2.06. The van der Waals surface area contributed by atoms with Crippen LogP contribution in [-0.2, 0) is 9.47 Å². The van der Waals surface area contributed by atoms with Gasteiger partial charge in [0.15, 0.2) is 6.29 Å². The van der Waals surface area contributed by atoms with E-state index in [1.165, 1.54) is 0 Å². The SMILES string of the molecule is CCO[C@H](O)CC1COCCN1. The standard InChI is InChI=1S/C8H17NO3/c1-2-12-8(10)5-7-6-11-4-3-9-7/h7-10H,2-6H2,1H3/t7?,8-/m0/s1. The molecule has 1 heterocycles. The summed E-state index contributed by atoms with van der Waals surface area (Å²) in [5.74, 6) is 0. The van der Waals surface area contributed by atoms with Crippen molar-refractivity contribution in [1.29, 1.82) is 0 Å². The number of hydrogen-bond donors (Lipinski definition) is 2. The summed E-state index contributed by atoms with van der Waals surface area (Å²) in [6, 6.07) is 0.236. The molecule has 1 aliphatic rings. The van der Waals surface area contributed by atoms with Crippen molar-refractivity contribution >= 4 is 0 Å². The first-order valence-electron chi connectivity index (χ1n) is 4.43. The zero-order valence-electron chi connectivity index (χ0n) is 7.45. The van der Waals surface area contributed by atoms with Crippen LogP contribution >= 0.6 is 0 Å². The third-order valence-corrected chi connectivity index (χ3v) is 1.84. The smallest absolute Gasteiger partial charge is 0.156 e. The van der Waals surface area contributed by atoms with E-state index >= 15 is 0 Å². The summed E-state index contributed by atoms with van der Waals surface area (Å²) in [6.45, 7) is 4.72. The van der Waals surface area contributed by atoms with Crippen molar-refractivity contribution in [3.8, 4) is 0 Å². The highest BCUT2D eigenvalue weighted by Crippen LogP contribution is 2.03. The molecule has 1 saturated heterocycles. The van der Waals surface area contributed by atoms with Crippen molar-refractivity contribution in [1.82, 2.24) is 5.32 Å². The van der Waals surface area contributed by atoms with Gasteiger partial charge in [0, 0.05) is 25.6 Å². The Morgan fingerprint density at radius 2 is 2.58 bits per heavy atom. The van der Waals surface area contributed by atoms with Gasteiger partial charge in [-0.05, 0) is 6.92 Å². The van der Waals surface area contributed by atoms with E-state index in [9.17, 15) is 5.11 Å². The van der Waals surface area contributed by atoms with Gasteiger partial charge in [-0.3, -0.25) is 0 Å². The molecule has 0 aliphatic carbocycles. The van der Waals surface area contributed by atoms with Crippen LogP contribution in [0.2, 0.25) is 0 Å². The quantitative estimate of drug-likeness (QED) is 0.577. The number of aliphatic hydroxyl groups excluding tert-OH is 1. The van der Waals surface area contributed by atoms with Gasteiger partial charge < -0.3 is 19.9 Å². The topological polar surface area (TPSA) is 50.7 Å². The number of hydrogen-bond acceptors (Lipinski definition) is 4. The molecule has 1 rings (SSSR count). The van der Waals surface area contributed by atoms with E-state index in [2.05, 4.69) is 5.32 Å². The van der Waals surface area contributed by atoms with Gasteiger partial charge in [0.2, 0.25) is 0 Å². The van der Waals surface area contributed by atoms with Gasteiger partial charge in [-0.25, -0.2) is 0 Å². The van der Waals surface area contributed by atoms with E-state index in [0.29, 0.717) is 19.6 Å². The van der Waals surface area contributed by atoms with Crippen LogP contribution in [0.25, 0.3) is 0 Å². The second-order valence-corrected chi connectivity index (χ2v) is 2.87. The summed E-state index contributed by atoms with van der Waals surface area (Å²) in [5, 5.41) is 12.5. The molecule has 1 aliphatic heterocycles. The first-order chi connectivity index (χ1) is 5.83. The van der Waals surface area contributed by atoms with Crippen molar-refractivity contribution in [2.45, 2.75) is 25.7 Å². The monoisotopic (exact) mass is 175 g/mol. The highest BCUT2D eigenvalue weighted by Gasteiger charge is 2.16. The minimum Gasteiger partial charge on any atom is -0.379 e. The van der Waals surface area contributed by atoms with Gasteiger partial charge in [0.1, 0.15) is 0 Å². The second-order valence-electron chi connectivity index (χ2n) is 2.87. The lowest BCUT2D eigenvalue weighted by molar-refractivity contribution is -0.109. The third kappa shape index (κ3) is 3.49. The van der Waals surface area contributed by atoms with Crippen molar-refractivity contribution in [3.05, 3.63) is 0 Å². The van der Waals surface area contributed by atoms with E-state index in [-0.39, 0.29) is 6.04 Å². The Kier molecular flexibility index (Phi) is 4.53. The molecular weight excluding hydrogens is 158 g/mol. The van der Waals surface area contributed by atoms with Crippen molar-refractivity contribution in [2.24, 2.45) is 0 Å². The van der Waals surface area contributed by atoms with E-state index < -0.39 is 6.29 Å². The largest absolute Gasteiger partial charge is 0.379 e. The molecule has 0 spiro atoms. The predicted octanol–water partition coefficient (Wildman–Crippen LogP) is -0.280. The highest BCUT2D eigenvalue weighted by molar-refractivity contribution is 4.70. The zero-order chi connectivity index (χ0) is 8.81. The number of morpholine rings is 1. The molecule has 2 atom stereocenters. The van der Waals surface area contributed by atoms with Crippen molar-refractivity contribution < 1.29 is 14.6 Å². The number of rotatable bonds is 4. The van der Waals surface area contributed by atoms with Gasteiger partial charge in [-0.15, -0.1) is 0 Å². The molecule has 0 aromatic heterocycles. The van der Waals surface area contributed by atoms with Crippen LogP contribution < -0.4 is 5.32 Å². The molecule has 0 saturated carbocycles. The van der Waals surface area contributed by atoms with Crippen LogP contribution in [0.4, 0.5) is 0 Å². The maximum absolute atomic E-state index is 9.28. The maximum Gasteiger partial charge on any atom is 0.156 e. The lowest BCUT2D eigenvalue weighted by Gasteiger charge is -2.25. The number of ether oxygens (including phenoxy) is 2. The minimum absolute atomic E-state index is 0.236. The molecule has 1 fully saturated rings. The van der Waals surface area contributed by atoms with Crippen molar-refractivity contribution in [3.63, 3.8) is 0 Å². The van der Waals surface area contributed by atoms with Gasteiger partial charge in [0.25, 0.3) is 0 Å². The molecule has 0 amide bonds. The Balaban J connectivity index is 2.11. The molecule has 0 aromatic carbocycles. The molecule has 0 bridgehead atoms. The first-order valence-corrected chi connectivity index (χ1v) is 4.43. The van der Waals surface area contributed by atoms with Crippen LogP contribution in [0.3, 0.4) is 0 Å². The predicted molar refractivity (Wildman–Crippen MR) is 44.9 cm³/mol. The fourth-order valence-corrected chi connectivity index (χ4v) is 1.27. The summed E-state index contributed by atoms with van der Waals surface area (Å²) >= 11 is 0.